The number of carbonyl (C=O) groups is 1. The van der Waals surface area contributed by atoms with E-state index in [-0.39, 0.29) is 29.6 Å². The second kappa shape index (κ2) is 4.31. The topological polar surface area (TPSA) is 40.5 Å². The van der Waals surface area contributed by atoms with Crippen molar-refractivity contribution < 1.29 is 14.3 Å². The van der Waals surface area contributed by atoms with Crippen LogP contribution in [0.5, 0.6) is 0 Å². The first-order valence-electron chi connectivity index (χ1n) is 4.62. The molecule has 1 atom stereocenters. The Morgan fingerprint density at radius 2 is 2.25 bits per heavy atom. The summed E-state index contributed by atoms with van der Waals surface area (Å²) in [5, 5.41) is 9.59. The molecule has 1 heterocycles. The zero-order valence-electron chi connectivity index (χ0n) is 8.08. The summed E-state index contributed by atoms with van der Waals surface area (Å²) in [5.74, 6) is -0.878. The van der Waals surface area contributed by atoms with Crippen molar-refractivity contribution in [3.8, 4) is 0 Å². The second-order valence-electron chi connectivity index (χ2n) is 3.58. The van der Waals surface area contributed by atoms with Gasteiger partial charge in [0.05, 0.1) is 24.8 Å². The van der Waals surface area contributed by atoms with Crippen LogP contribution in [0.25, 0.3) is 0 Å². The lowest BCUT2D eigenvalue weighted by Gasteiger charge is -2.18. The van der Waals surface area contributed by atoms with Crippen LogP contribution in [0.1, 0.15) is 6.42 Å². The first kappa shape index (κ1) is 11.8. The van der Waals surface area contributed by atoms with Crippen molar-refractivity contribution in [3.63, 3.8) is 0 Å². The van der Waals surface area contributed by atoms with Gasteiger partial charge < -0.3 is 10.0 Å². The molecule has 1 N–H and O–H groups in total. The number of nitrogens with zero attached hydrogens (tertiary/aromatic N) is 1. The van der Waals surface area contributed by atoms with Gasteiger partial charge in [-0.1, -0.05) is 11.6 Å². The Labute approximate surface area is 105 Å². The molecule has 0 aliphatic carbocycles. The lowest BCUT2D eigenvalue weighted by atomic mass is 10.3. The minimum Gasteiger partial charge on any atom is -0.391 e. The number of β-amino-alcohol motifs (C(OH)–C–C–N with tert-alkyl or cyclic N) is 1. The van der Waals surface area contributed by atoms with Gasteiger partial charge in [-0.2, -0.15) is 0 Å². The summed E-state index contributed by atoms with van der Waals surface area (Å²) in [6, 6.07) is 2.65. The third-order valence-electron chi connectivity index (χ3n) is 2.36. The normalized spacial score (nSPS) is 20.6. The zero-order chi connectivity index (χ0) is 11.9. The average Bonchev–Trinajstić information content (AvgIpc) is 2.43. The Morgan fingerprint density at radius 3 is 2.75 bits per heavy atom. The van der Waals surface area contributed by atoms with Crippen molar-refractivity contribution in [1.29, 1.82) is 0 Å². The molecule has 1 aromatic rings. The van der Waals surface area contributed by atoms with Gasteiger partial charge in [0.15, 0.2) is 0 Å². The summed E-state index contributed by atoms with van der Waals surface area (Å²) >= 11 is 8.83. The fourth-order valence-corrected chi connectivity index (χ4v) is 2.68. The molecule has 0 bridgehead atoms. The summed E-state index contributed by atoms with van der Waals surface area (Å²) in [4.78, 5) is 12.7. The largest absolute Gasteiger partial charge is 0.391 e. The van der Waals surface area contributed by atoms with E-state index >= 15 is 0 Å². The molecule has 0 aromatic heterocycles. The van der Waals surface area contributed by atoms with Gasteiger partial charge in [0.25, 0.3) is 0 Å². The summed E-state index contributed by atoms with van der Waals surface area (Å²) in [6.45, 7) is 0.107. The molecule has 86 valence electrons. The number of aliphatic hydroxyl groups is 1. The molecule has 3 nitrogen and oxygen atoms in total. The molecule has 1 aliphatic rings. The number of aliphatic hydroxyl groups excluding tert-OH is 1. The molecule has 1 fully saturated rings. The SMILES string of the molecule is O=C1CC(O)CN1c1c(F)cc(Cl)cc1Br. The number of hydrogen-bond donors (Lipinski definition) is 1. The summed E-state index contributed by atoms with van der Waals surface area (Å²) in [7, 11) is 0. The van der Waals surface area contributed by atoms with Crippen molar-refractivity contribution in [2.75, 3.05) is 11.4 Å². The summed E-state index contributed by atoms with van der Waals surface area (Å²) in [5.41, 5.74) is 0.131. The lowest BCUT2D eigenvalue weighted by molar-refractivity contribution is -0.117. The molecule has 1 saturated heterocycles. The van der Waals surface area contributed by atoms with E-state index < -0.39 is 11.9 Å². The Balaban J connectivity index is 2.44. The molecule has 0 radical (unpaired) electrons. The van der Waals surface area contributed by atoms with Crippen LogP contribution in [-0.4, -0.2) is 23.7 Å². The number of hydrogen-bond acceptors (Lipinski definition) is 2. The van der Waals surface area contributed by atoms with Crippen molar-refractivity contribution >= 4 is 39.1 Å². The Hall–Kier alpha value is -0.650. The van der Waals surface area contributed by atoms with E-state index in [0.29, 0.717) is 4.47 Å². The summed E-state index contributed by atoms with van der Waals surface area (Å²) in [6.07, 6.45) is -0.719. The van der Waals surface area contributed by atoms with E-state index in [9.17, 15) is 14.3 Å². The van der Waals surface area contributed by atoms with Gasteiger partial charge in [-0.25, -0.2) is 4.39 Å². The van der Waals surface area contributed by atoms with Gasteiger partial charge in [0.2, 0.25) is 5.91 Å². The molecular weight excluding hydrogens is 300 g/mol. The van der Waals surface area contributed by atoms with Crippen LogP contribution < -0.4 is 4.90 Å². The van der Waals surface area contributed by atoms with Gasteiger partial charge in [-0.15, -0.1) is 0 Å². The molecule has 2 rings (SSSR count). The number of rotatable bonds is 1. The van der Waals surface area contributed by atoms with E-state index in [1.165, 1.54) is 11.0 Å². The number of carbonyl (C=O) groups excluding carboxylic acids is 1. The second-order valence-corrected chi connectivity index (χ2v) is 4.87. The van der Waals surface area contributed by atoms with E-state index in [0.717, 1.165) is 6.07 Å². The Kier molecular flexibility index (Phi) is 3.19. The van der Waals surface area contributed by atoms with E-state index in [4.69, 9.17) is 11.6 Å². The van der Waals surface area contributed by atoms with Gasteiger partial charge in [0.1, 0.15) is 5.82 Å². The van der Waals surface area contributed by atoms with Gasteiger partial charge >= 0.3 is 0 Å². The quantitative estimate of drug-likeness (QED) is 0.865. The van der Waals surface area contributed by atoms with Crippen molar-refractivity contribution in [2.45, 2.75) is 12.5 Å². The number of halogens is 3. The molecule has 0 saturated carbocycles. The summed E-state index contributed by atoms with van der Waals surface area (Å²) < 4.78 is 14.1. The van der Waals surface area contributed by atoms with Crippen molar-refractivity contribution in [1.82, 2.24) is 0 Å². The smallest absolute Gasteiger partial charge is 0.229 e. The molecule has 16 heavy (non-hydrogen) atoms. The van der Waals surface area contributed by atoms with Crippen molar-refractivity contribution in [2.24, 2.45) is 0 Å². The number of anilines is 1. The Morgan fingerprint density at radius 1 is 1.56 bits per heavy atom. The highest BCUT2D eigenvalue weighted by Gasteiger charge is 2.32. The van der Waals surface area contributed by atoms with Crippen LogP contribution in [0.15, 0.2) is 16.6 Å². The highest BCUT2D eigenvalue weighted by Crippen LogP contribution is 2.34. The molecule has 6 heteroatoms. The highest BCUT2D eigenvalue weighted by atomic mass is 79.9. The van der Waals surface area contributed by atoms with Crippen LogP contribution in [0, 0.1) is 5.82 Å². The fraction of sp³-hybridized carbons (Fsp3) is 0.300. The Bertz CT molecular complexity index is 431. The van der Waals surface area contributed by atoms with Crippen LogP contribution >= 0.6 is 27.5 Å². The fourth-order valence-electron chi connectivity index (χ4n) is 1.70. The lowest BCUT2D eigenvalue weighted by Crippen LogP contribution is -2.26. The van der Waals surface area contributed by atoms with Crippen LogP contribution in [0.2, 0.25) is 5.02 Å². The molecule has 1 unspecified atom stereocenters. The minimum absolute atomic E-state index is 0.0223. The van der Waals surface area contributed by atoms with Crippen LogP contribution in [-0.2, 0) is 4.79 Å². The third-order valence-corrected chi connectivity index (χ3v) is 3.18. The number of amides is 1. The molecule has 1 aromatic carbocycles. The van der Waals surface area contributed by atoms with Gasteiger partial charge in [0, 0.05) is 9.50 Å². The van der Waals surface area contributed by atoms with Gasteiger partial charge in [-0.3, -0.25) is 4.79 Å². The zero-order valence-corrected chi connectivity index (χ0v) is 10.4. The average molecular weight is 309 g/mol. The molecule has 0 spiro atoms. The van der Waals surface area contributed by atoms with Crippen LogP contribution in [0.4, 0.5) is 10.1 Å². The molecular formula is C10H8BrClFNO2. The maximum absolute atomic E-state index is 13.7. The molecule has 1 amide bonds. The predicted octanol–water partition coefficient (Wildman–Crippen LogP) is 2.34. The van der Waals surface area contributed by atoms with E-state index in [2.05, 4.69) is 15.9 Å². The maximum Gasteiger partial charge on any atom is 0.229 e. The standard InChI is InChI=1S/C10H8BrClFNO2/c11-7-1-5(12)2-8(13)10(7)14-4-6(15)3-9(14)16/h1-2,6,15H,3-4H2. The van der Waals surface area contributed by atoms with Gasteiger partial charge in [-0.05, 0) is 28.1 Å². The predicted molar refractivity (Wildman–Crippen MR) is 62.1 cm³/mol. The monoisotopic (exact) mass is 307 g/mol. The minimum atomic E-state index is -0.741. The first-order valence-corrected chi connectivity index (χ1v) is 5.79. The maximum atomic E-state index is 13.7. The van der Waals surface area contributed by atoms with E-state index in [1.54, 1.807) is 0 Å². The van der Waals surface area contributed by atoms with Crippen molar-refractivity contribution in [3.05, 3.63) is 27.4 Å². The van der Waals surface area contributed by atoms with Crippen LogP contribution in [0.3, 0.4) is 0 Å². The highest BCUT2D eigenvalue weighted by molar-refractivity contribution is 9.10. The third kappa shape index (κ3) is 2.07. The number of benzene rings is 1. The first-order chi connectivity index (χ1) is 7.49. The molecule has 1 aliphatic heterocycles. The van der Waals surface area contributed by atoms with E-state index in [1.807, 2.05) is 0 Å².